The first-order valence-electron chi connectivity index (χ1n) is 10.9. The monoisotopic (exact) mass is 447 g/mol. The van der Waals surface area contributed by atoms with Crippen molar-refractivity contribution in [2.75, 3.05) is 10.2 Å². The molecular formula is C25H29N5O3. The van der Waals surface area contributed by atoms with Gasteiger partial charge >= 0.3 is 6.09 Å². The molecule has 8 nitrogen and oxygen atoms in total. The van der Waals surface area contributed by atoms with E-state index in [4.69, 9.17) is 9.47 Å². The first-order valence-corrected chi connectivity index (χ1v) is 10.9. The molecule has 8 heteroatoms. The maximum Gasteiger partial charge on any atom is 0.417 e. The standard InChI is InChI=1S/C25H29N5O3/c1-16(18-12-14-20(15-13-18)32-19-10-8-7-9-11-19)26-21-27-17(2)28-22(29-21)30-23(31)33-25(5,6)24(30,3)4/h7-16H,1-6H3,(H,26,27,28,29)/t16-/m0/s1. The number of carbonyl (C=O) groups excluding carboxylic acids is 1. The topological polar surface area (TPSA) is 89.5 Å². The van der Waals surface area contributed by atoms with Crippen LogP contribution in [0.4, 0.5) is 16.7 Å². The summed E-state index contributed by atoms with van der Waals surface area (Å²) in [5.74, 6) is 2.71. The van der Waals surface area contributed by atoms with Gasteiger partial charge in [-0.25, -0.2) is 9.69 Å². The number of aryl methyl sites for hydroxylation is 1. The van der Waals surface area contributed by atoms with Gasteiger partial charge in [0.15, 0.2) is 0 Å². The average molecular weight is 448 g/mol. The van der Waals surface area contributed by atoms with E-state index in [-0.39, 0.29) is 12.0 Å². The third-order valence-electron chi connectivity index (χ3n) is 6.20. The lowest BCUT2D eigenvalue weighted by Gasteiger charge is -2.35. The summed E-state index contributed by atoms with van der Waals surface area (Å²) in [6, 6.07) is 17.4. The summed E-state index contributed by atoms with van der Waals surface area (Å²) >= 11 is 0. The Morgan fingerprint density at radius 2 is 1.58 bits per heavy atom. The minimum atomic E-state index is -0.685. The van der Waals surface area contributed by atoms with E-state index < -0.39 is 17.2 Å². The maximum atomic E-state index is 12.6. The first kappa shape index (κ1) is 22.5. The first-order chi connectivity index (χ1) is 15.6. The van der Waals surface area contributed by atoms with Crippen LogP contribution in [0, 0.1) is 6.92 Å². The highest BCUT2D eigenvalue weighted by Crippen LogP contribution is 2.40. The summed E-state index contributed by atoms with van der Waals surface area (Å²) in [7, 11) is 0. The number of ether oxygens (including phenoxy) is 2. The summed E-state index contributed by atoms with van der Waals surface area (Å²) in [5, 5.41) is 3.31. The molecule has 0 radical (unpaired) electrons. The molecule has 1 aromatic heterocycles. The van der Waals surface area contributed by atoms with Crippen LogP contribution in [0.15, 0.2) is 54.6 Å². The highest BCUT2D eigenvalue weighted by atomic mass is 16.6. The smallest absolute Gasteiger partial charge is 0.417 e. The van der Waals surface area contributed by atoms with Gasteiger partial charge in [-0.2, -0.15) is 15.0 Å². The molecule has 2 heterocycles. The summed E-state index contributed by atoms with van der Waals surface area (Å²) in [6.07, 6.45) is -0.469. The van der Waals surface area contributed by atoms with Gasteiger partial charge in [0.2, 0.25) is 11.9 Å². The summed E-state index contributed by atoms with van der Waals surface area (Å²) < 4.78 is 11.4. The Morgan fingerprint density at radius 3 is 2.18 bits per heavy atom. The van der Waals surface area contributed by atoms with Gasteiger partial charge in [-0.1, -0.05) is 30.3 Å². The highest BCUT2D eigenvalue weighted by Gasteiger charge is 2.56. The van der Waals surface area contributed by atoms with E-state index in [1.54, 1.807) is 6.92 Å². The Kier molecular flexibility index (Phi) is 5.69. The van der Waals surface area contributed by atoms with Crippen molar-refractivity contribution < 1.29 is 14.3 Å². The molecule has 1 aliphatic rings. The Labute approximate surface area is 194 Å². The van der Waals surface area contributed by atoms with Gasteiger partial charge < -0.3 is 14.8 Å². The molecule has 0 saturated carbocycles. The number of carbonyl (C=O) groups is 1. The number of nitrogens with one attached hydrogen (secondary N) is 1. The zero-order valence-electron chi connectivity index (χ0n) is 19.8. The van der Waals surface area contributed by atoms with Gasteiger partial charge in [-0.15, -0.1) is 0 Å². The number of nitrogens with zero attached hydrogens (tertiary/aromatic N) is 4. The predicted octanol–water partition coefficient (Wildman–Crippen LogP) is 5.66. The number of benzene rings is 2. The van der Waals surface area contributed by atoms with E-state index in [0.29, 0.717) is 11.8 Å². The fraction of sp³-hybridized carbons (Fsp3) is 0.360. The van der Waals surface area contributed by atoms with Crippen LogP contribution in [-0.4, -0.2) is 32.2 Å². The number of para-hydroxylation sites is 1. The van der Waals surface area contributed by atoms with Crippen LogP contribution in [0.5, 0.6) is 11.5 Å². The molecule has 0 spiro atoms. The number of anilines is 2. The molecule has 2 aromatic carbocycles. The number of cyclic esters (lactones) is 1. The third-order valence-corrected chi connectivity index (χ3v) is 6.20. The van der Waals surface area contributed by atoms with E-state index in [1.807, 2.05) is 89.2 Å². The SMILES string of the molecule is Cc1nc(N[C@@H](C)c2ccc(Oc3ccccc3)cc2)nc(N2C(=O)OC(C)(C)C2(C)C)n1. The minimum Gasteiger partial charge on any atom is -0.457 e. The number of hydrogen-bond donors (Lipinski definition) is 1. The molecule has 0 aliphatic carbocycles. The van der Waals surface area contributed by atoms with Crippen LogP contribution in [0.1, 0.15) is 52.0 Å². The van der Waals surface area contributed by atoms with Crippen molar-refractivity contribution in [3.63, 3.8) is 0 Å². The lowest BCUT2D eigenvalue weighted by Crippen LogP contribution is -2.52. The molecule has 172 valence electrons. The van der Waals surface area contributed by atoms with Gasteiger partial charge in [0.1, 0.15) is 22.9 Å². The van der Waals surface area contributed by atoms with Crippen molar-refractivity contribution in [3.8, 4) is 11.5 Å². The van der Waals surface area contributed by atoms with Crippen LogP contribution < -0.4 is 15.0 Å². The van der Waals surface area contributed by atoms with Gasteiger partial charge in [0, 0.05) is 0 Å². The Bertz CT molecular complexity index is 1150. The van der Waals surface area contributed by atoms with E-state index in [0.717, 1.165) is 17.1 Å². The molecule has 33 heavy (non-hydrogen) atoms. The van der Waals surface area contributed by atoms with E-state index in [2.05, 4.69) is 20.3 Å². The van der Waals surface area contributed by atoms with E-state index >= 15 is 0 Å². The molecular weight excluding hydrogens is 418 g/mol. The zero-order chi connectivity index (χ0) is 23.8. The largest absolute Gasteiger partial charge is 0.457 e. The lowest BCUT2D eigenvalue weighted by atomic mass is 9.86. The molecule has 1 saturated heterocycles. The lowest BCUT2D eigenvalue weighted by molar-refractivity contribution is 0.0458. The number of aromatic nitrogens is 3. The van der Waals surface area contributed by atoms with Crippen LogP contribution in [-0.2, 0) is 4.74 Å². The Morgan fingerprint density at radius 1 is 0.939 bits per heavy atom. The van der Waals surface area contributed by atoms with Gasteiger partial charge in [-0.05, 0) is 71.4 Å². The Balaban J connectivity index is 1.51. The molecule has 4 rings (SSSR count). The third kappa shape index (κ3) is 4.46. The van der Waals surface area contributed by atoms with E-state index in [1.165, 1.54) is 4.90 Å². The van der Waals surface area contributed by atoms with E-state index in [9.17, 15) is 4.79 Å². The molecule has 0 bridgehead atoms. The second-order valence-electron chi connectivity index (χ2n) is 9.13. The van der Waals surface area contributed by atoms with Crippen molar-refractivity contribution in [2.45, 2.75) is 58.7 Å². The highest BCUT2D eigenvalue weighted by molar-refractivity contribution is 5.90. The minimum absolute atomic E-state index is 0.0830. The van der Waals surface area contributed by atoms with Gasteiger partial charge in [0.25, 0.3) is 0 Å². The maximum absolute atomic E-state index is 12.6. The molecule has 1 fully saturated rings. The summed E-state index contributed by atoms with van der Waals surface area (Å²) in [6.45, 7) is 11.4. The second kappa shape index (κ2) is 8.35. The fourth-order valence-electron chi connectivity index (χ4n) is 3.58. The predicted molar refractivity (Wildman–Crippen MR) is 127 cm³/mol. The van der Waals surface area contributed by atoms with Crippen LogP contribution >= 0.6 is 0 Å². The molecule has 1 aliphatic heterocycles. The van der Waals surface area contributed by atoms with Crippen molar-refractivity contribution in [1.29, 1.82) is 0 Å². The Hall–Kier alpha value is -3.68. The summed E-state index contributed by atoms with van der Waals surface area (Å²) in [4.78, 5) is 27.5. The number of hydrogen-bond acceptors (Lipinski definition) is 7. The van der Waals surface area contributed by atoms with Crippen molar-refractivity contribution >= 4 is 18.0 Å². The second-order valence-corrected chi connectivity index (χ2v) is 9.13. The number of rotatable bonds is 6. The summed E-state index contributed by atoms with van der Waals surface area (Å²) in [5.41, 5.74) is -0.276. The van der Waals surface area contributed by atoms with Crippen molar-refractivity contribution in [2.24, 2.45) is 0 Å². The fourth-order valence-corrected chi connectivity index (χ4v) is 3.58. The van der Waals surface area contributed by atoms with Crippen LogP contribution in [0.3, 0.4) is 0 Å². The zero-order valence-corrected chi connectivity index (χ0v) is 19.8. The molecule has 1 amide bonds. The molecule has 1 N–H and O–H groups in total. The molecule has 1 atom stereocenters. The quantitative estimate of drug-likeness (QED) is 0.521. The van der Waals surface area contributed by atoms with Crippen LogP contribution in [0.2, 0.25) is 0 Å². The number of amides is 1. The van der Waals surface area contributed by atoms with Crippen molar-refractivity contribution in [3.05, 3.63) is 66.0 Å². The molecule has 3 aromatic rings. The average Bonchev–Trinajstić information content (AvgIpc) is 2.90. The van der Waals surface area contributed by atoms with Crippen molar-refractivity contribution in [1.82, 2.24) is 15.0 Å². The van der Waals surface area contributed by atoms with Gasteiger partial charge in [-0.3, -0.25) is 0 Å². The van der Waals surface area contributed by atoms with Gasteiger partial charge in [0.05, 0.1) is 11.6 Å². The normalized spacial score (nSPS) is 17.4. The molecule has 0 unspecified atom stereocenters. The van der Waals surface area contributed by atoms with Crippen LogP contribution in [0.25, 0.3) is 0 Å².